The summed E-state index contributed by atoms with van der Waals surface area (Å²) in [6.07, 6.45) is 0. The van der Waals surface area contributed by atoms with Crippen LogP contribution in [0.15, 0.2) is 36.4 Å². The highest BCUT2D eigenvalue weighted by atomic mass is 35.5. The summed E-state index contributed by atoms with van der Waals surface area (Å²) in [5, 5.41) is 9.48. The highest BCUT2D eigenvalue weighted by molar-refractivity contribution is 6.30. The molecule has 0 heterocycles. The van der Waals surface area contributed by atoms with Crippen LogP contribution >= 0.6 is 11.6 Å². The number of carbonyl (C=O) groups is 1. The van der Waals surface area contributed by atoms with Crippen LogP contribution in [0.2, 0.25) is 5.02 Å². The van der Waals surface area contributed by atoms with Crippen LogP contribution < -0.4 is 4.74 Å². The molecule has 4 heteroatoms. The molecule has 0 saturated carbocycles. The summed E-state index contributed by atoms with van der Waals surface area (Å²) in [6.45, 7) is 3.69. The molecule has 0 saturated heterocycles. The maximum absolute atomic E-state index is 12.2. The number of Topliss-reactive ketones (excluding diaryl/α,β-unsaturated/α-hetero) is 1. The van der Waals surface area contributed by atoms with Crippen molar-refractivity contribution in [1.29, 1.82) is 5.26 Å². The first-order chi connectivity index (χ1) is 10.0. The lowest BCUT2D eigenvalue weighted by Gasteiger charge is -2.09. The quantitative estimate of drug-likeness (QED) is 0.799. The predicted molar refractivity (Wildman–Crippen MR) is 81.9 cm³/mol. The molecule has 0 spiro atoms. The summed E-state index contributed by atoms with van der Waals surface area (Å²) in [6, 6.07) is 12.4. The molecule has 0 radical (unpaired) electrons. The molecule has 0 aliphatic heterocycles. The van der Waals surface area contributed by atoms with Gasteiger partial charge in [0.15, 0.2) is 12.4 Å². The van der Waals surface area contributed by atoms with E-state index in [-0.39, 0.29) is 12.4 Å². The number of ketones is 1. The zero-order valence-electron chi connectivity index (χ0n) is 11.8. The minimum atomic E-state index is -0.126. The van der Waals surface area contributed by atoms with Gasteiger partial charge in [0.05, 0.1) is 5.56 Å². The second-order valence-corrected chi connectivity index (χ2v) is 5.22. The maximum atomic E-state index is 12.2. The fourth-order valence-electron chi connectivity index (χ4n) is 1.97. The highest BCUT2D eigenvalue weighted by Gasteiger charge is 2.12. The molecule has 0 aromatic heterocycles. The van der Waals surface area contributed by atoms with E-state index >= 15 is 0 Å². The molecule has 21 heavy (non-hydrogen) atoms. The van der Waals surface area contributed by atoms with Crippen LogP contribution in [0.4, 0.5) is 0 Å². The first kappa shape index (κ1) is 15.1. The van der Waals surface area contributed by atoms with E-state index in [1.807, 2.05) is 38.1 Å². The van der Waals surface area contributed by atoms with E-state index in [9.17, 15) is 4.79 Å². The Morgan fingerprint density at radius 2 is 2.00 bits per heavy atom. The van der Waals surface area contributed by atoms with E-state index in [0.29, 0.717) is 21.9 Å². The lowest BCUT2D eigenvalue weighted by molar-refractivity contribution is 0.0920. The van der Waals surface area contributed by atoms with Crippen molar-refractivity contribution in [2.75, 3.05) is 6.61 Å². The molecule has 0 amide bonds. The molecule has 3 nitrogen and oxygen atoms in total. The molecule has 0 aliphatic rings. The molecule has 0 bridgehead atoms. The van der Waals surface area contributed by atoms with Crippen molar-refractivity contribution in [2.24, 2.45) is 0 Å². The number of hydrogen-bond acceptors (Lipinski definition) is 3. The van der Waals surface area contributed by atoms with E-state index in [2.05, 4.69) is 0 Å². The Balaban J connectivity index is 2.17. The Morgan fingerprint density at radius 3 is 2.71 bits per heavy atom. The van der Waals surface area contributed by atoms with Gasteiger partial charge >= 0.3 is 0 Å². The zero-order valence-corrected chi connectivity index (χ0v) is 12.6. The van der Waals surface area contributed by atoms with E-state index in [1.54, 1.807) is 12.1 Å². The van der Waals surface area contributed by atoms with Gasteiger partial charge in [-0.1, -0.05) is 29.3 Å². The third-order valence-electron chi connectivity index (χ3n) is 3.12. The van der Waals surface area contributed by atoms with Crippen molar-refractivity contribution < 1.29 is 9.53 Å². The third kappa shape index (κ3) is 3.62. The molecule has 2 aromatic rings. The van der Waals surface area contributed by atoms with Gasteiger partial charge in [-0.2, -0.15) is 5.26 Å². The first-order valence-corrected chi connectivity index (χ1v) is 6.82. The van der Waals surface area contributed by atoms with Crippen LogP contribution in [0, 0.1) is 25.2 Å². The SMILES string of the molecule is Cc1ccc(C)c(C(=O)COc2cc(Cl)ccc2C#N)c1. The maximum Gasteiger partial charge on any atom is 0.200 e. The molecule has 2 aromatic carbocycles. The average molecular weight is 300 g/mol. The van der Waals surface area contributed by atoms with Crippen molar-refractivity contribution in [1.82, 2.24) is 0 Å². The van der Waals surface area contributed by atoms with E-state index in [4.69, 9.17) is 21.6 Å². The number of rotatable bonds is 4. The second kappa shape index (κ2) is 6.43. The van der Waals surface area contributed by atoms with Crippen molar-refractivity contribution >= 4 is 17.4 Å². The number of ether oxygens (including phenoxy) is 1. The summed E-state index contributed by atoms with van der Waals surface area (Å²) >= 11 is 5.88. The minimum absolute atomic E-state index is 0.125. The number of halogens is 1. The van der Waals surface area contributed by atoms with Gasteiger partial charge in [0, 0.05) is 16.7 Å². The molecule has 0 fully saturated rings. The van der Waals surface area contributed by atoms with E-state index < -0.39 is 0 Å². The zero-order chi connectivity index (χ0) is 15.4. The van der Waals surface area contributed by atoms with Crippen LogP contribution in [0.3, 0.4) is 0 Å². The van der Waals surface area contributed by atoms with Crippen molar-refractivity contribution in [3.8, 4) is 11.8 Å². The van der Waals surface area contributed by atoms with Crippen LogP contribution in [0.25, 0.3) is 0 Å². The number of benzene rings is 2. The van der Waals surface area contributed by atoms with Gasteiger partial charge in [0.2, 0.25) is 0 Å². The molecule has 0 unspecified atom stereocenters. The van der Waals surface area contributed by atoms with E-state index in [1.165, 1.54) is 6.07 Å². The molecular formula is C17H14ClNO2. The Bertz CT molecular complexity index is 732. The third-order valence-corrected chi connectivity index (χ3v) is 3.35. The first-order valence-electron chi connectivity index (χ1n) is 6.44. The molecule has 0 aliphatic carbocycles. The molecular weight excluding hydrogens is 286 g/mol. The van der Waals surface area contributed by atoms with Crippen molar-refractivity contribution in [2.45, 2.75) is 13.8 Å². The second-order valence-electron chi connectivity index (χ2n) is 4.78. The van der Waals surface area contributed by atoms with Gasteiger partial charge < -0.3 is 4.74 Å². The van der Waals surface area contributed by atoms with Crippen molar-refractivity contribution in [3.05, 3.63) is 63.7 Å². The van der Waals surface area contributed by atoms with Gasteiger partial charge in [-0.15, -0.1) is 0 Å². The van der Waals surface area contributed by atoms with Crippen molar-refractivity contribution in [3.63, 3.8) is 0 Å². The lowest BCUT2D eigenvalue weighted by Crippen LogP contribution is -2.13. The monoisotopic (exact) mass is 299 g/mol. The average Bonchev–Trinajstić information content (AvgIpc) is 2.47. The summed E-state index contributed by atoms with van der Waals surface area (Å²) in [4.78, 5) is 12.2. The number of nitriles is 1. The smallest absolute Gasteiger partial charge is 0.200 e. The number of carbonyl (C=O) groups excluding carboxylic acids is 1. The fourth-order valence-corrected chi connectivity index (χ4v) is 2.13. The summed E-state index contributed by atoms with van der Waals surface area (Å²) in [5.41, 5.74) is 2.91. The Morgan fingerprint density at radius 1 is 1.24 bits per heavy atom. The van der Waals surface area contributed by atoms with Gasteiger partial charge in [-0.05, 0) is 37.6 Å². The summed E-state index contributed by atoms with van der Waals surface area (Å²) < 4.78 is 5.46. The van der Waals surface area contributed by atoms with E-state index in [0.717, 1.165) is 11.1 Å². The number of aryl methyl sites for hydroxylation is 2. The molecule has 0 atom stereocenters. The topological polar surface area (TPSA) is 50.1 Å². The lowest BCUT2D eigenvalue weighted by atomic mass is 10.0. The van der Waals surface area contributed by atoms with Gasteiger partial charge in [0.1, 0.15) is 11.8 Å². The Hall–Kier alpha value is -2.31. The Labute approximate surface area is 128 Å². The summed E-state index contributed by atoms with van der Waals surface area (Å²) in [5.74, 6) is 0.198. The van der Waals surface area contributed by atoms with Crippen LogP contribution in [-0.2, 0) is 0 Å². The minimum Gasteiger partial charge on any atom is -0.484 e. The normalized spacial score (nSPS) is 10.0. The molecule has 2 rings (SSSR count). The van der Waals surface area contributed by atoms with Crippen LogP contribution in [0.5, 0.6) is 5.75 Å². The molecule has 0 N–H and O–H groups in total. The standard InChI is InChI=1S/C17H14ClNO2/c1-11-3-4-12(2)15(7-11)16(20)10-21-17-8-14(18)6-5-13(17)9-19/h3-8H,10H2,1-2H3. The number of hydrogen-bond donors (Lipinski definition) is 0. The predicted octanol–water partition coefficient (Wildman–Crippen LogP) is 4.09. The molecule has 106 valence electrons. The number of nitrogens with zero attached hydrogens (tertiary/aromatic N) is 1. The highest BCUT2D eigenvalue weighted by Crippen LogP contribution is 2.23. The van der Waals surface area contributed by atoms with Gasteiger partial charge in [0.25, 0.3) is 0 Å². The Kier molecular flexibility index (Phi) is 4.62. The van der Waals surface area contributed by atoms with Crippen LogP contribution in [-0.4, -0.2) is 12.4 Å². The van der Waals surface area contributed by atoms with Crippen LogP contribution in [0.1, 0.15) is 27.0 Å². The van der Waals surface area contributed by atoms with Gasteiger partial charge in [-0.3, -0.25) is 4.79 Å². The fraction of sp³-hybridized carbons (Fsp3) is 0.176. The van der Waals surface area contributed by atoms with Gasteiger partial charge in [-0.25, -0.2) is 0 Å². The largest absolute Gasteiger partial charge is 0.484 e. The summed E-state index contributed by atoms with van der Waals surface area (Å²) in [7, 11) is 0.